The number of hydrogen-bond donors (Lipinski definition) is 1. The number of nitrogens with zero attached hydrogens (tertiary/aromatic N) is 1. The van der Waals surface area contributed by atoms with Gasteiger partial charge in [-0.2, -0.15) is 0 Å². The average Bonchev–Trinajstić information content (AvgIpc) is 2.97. The Morgan fingerprint density at radius 3 is 2.84 bits per heavy atom. The molecule has 19 heavy (non-hydrogen) atoms. The lowest BCUT2D eigenvalue weighted by atomic mass is 10.3. The van der Waals surface area contributed by atoms with Crippen LogP contribution in [0.1, 0.15) is 15.6 Å². The van der Waals surface area contributed by atoms with Crippen molar-refractivity contribution in [3.8, 4) is 0 Å². The second kappa shape index (κ2) is 6.44. The van der Waals surface area contributed by atoms with Crippen LogP contribution in [0.15, 0.2) is 22.9 Å². The van der Waals surface area contributed by atoms with Crippen molar-refractivity contribution < 1.29 is 14.7 Å². The summed E-state index contributed by atoms with van der Waals surface area (Å²) in [5.41, 5.74) is 0.436. The Hall–Kier alpha value is -1.73. The molecule has 1 amide bonds. The topological polar surface area (TPSA) is 82.1 Å². The summed E-state index contributed by atoms with van der Waals surface area (Å²) in [7, 11) is 0. The second-order valence-corrected chi connectivity index (χ2v) is 5.79. The van der Waals surface area contributed by atoms with E-state index in [0.29, 0.717) is 17.2 Å². The quantitative estimate of drug-likeness (QED) is 0.834. The highest BCUT2D eigenvalue weighted by Crippen LogP contribution is 2.11. The van der Waals surface area contributed by atoms with Crippen LogP contribution in [-0.2, 0) is 29.0 Å². The molecular weight excluding hydrogens is 284 g/mol. The molecule has 0 aromatic carbocycles. The number of carboxylic acids is 1. The van der Waals surface area contributed by atoms with Crippen LogP contribution in [0.2, 0.25) is 0 Å². The first-order valence-electron chi connectivity index (χ1n) is 5.55. The normalized spacial score (nSPS) is 10.3. The fraction of sp³-hybridized carbons (Fsp3) is 0.250. The number of nitrogens with one attached hydrogen (secondary N) is 1. The molecule has 0 bridgehead atoms. The molecule has 2 heterocycles. The fourth-order valence-corrected chi connectivity index (χ4v) is 2.89. The number of carbonyl (C=O) groups excluding carboxylic acids is 2. The van der Waals surface area contributed by atoms with Crippen LogP contribution in [0.5, 0.6) is 0 Å². The van der Waals surface area contributed by atoms with Crippen LogP contribution in [0.3, 0.4) is 0 Å². The van der Waals surface area contributed by atoms with Crippen LogP contribution in [0.25, 0.3) is 0 Å². The van der Waals surface area contributed by atoms with E-state index < -0.39 is 5.97 Å². The van der Waals surface area contributed by atoms with Gasteiger partial charge in [-0.05, 0) is 11.4 Å². The Morgan fingerprint density at radius 1 is 1.32 bits per heavy atom. The van der Waals surface area contributed by atoms with Gasteiger partial charge in [0.05, 0.1) is 18.7 Å². The molecule has 0 saturated heterocycles. The molecular formula is C12H11N2O3S2-. The molecule has 0 atom stereocenters. The maximum atomic E-state index is 11.7. The fourth-order valence-electron chi connectivity index (χ4n) is 1.46. The van der Waals surface area contributed by atoms with Crippen LogP contribution in [0, 0.1) is 0 Å². The number of amides is 1. The molecule has 0 aliphatic carbocycles. The number of carboxylic acid groups (broad SMARTS) is 1. The third-order valence-corrected chi connectivity index (χ3v) is 4.05. The van der Waals surface area contributed by atoms with Gasteiger partial charge in [-0.15, -0.1) is 22.7 Å². The van der Waals surface area contributed by atoms with Gasteiger partial charge >= 0.3 is 0 Å². The molecule has 7 heteroatoms. The summed E-state index contributed by atoms with van der Waals surface area (Å²) in [5, 5.41) is 17.4. The van der Waals surface area contributed by atoms with E-state index in [4.69, 9.17) is 0 Å². The zero-order valence-corrected chi connectivity index (χ0v) is 11.6. The van der Waals surface area contributed by atoms with Crippen molar-refractivity contribution in [3.63, 3.8) is 0 Å². The van der Waals surface area contributed by atoms with Crippen molar-refractivity contribution in [1.82, 2.24) is 10.3 Å². The summed E-state index contributed by atoms with van der Waals surface area (Å²) in [6.45, 7) is 0.508. The first kappa shape index (κ1) is 13.7. The van der Waals surface area contributed by atoms with Crippen molar-refractivity contribution in [2.24, 2.45) is 0 Å². The van der Waals surface area contributed by atoms with Gasteiger partial charge in [0.15, 0.2) is 0 Å². The molecule has 0 fully saturated rings. The lowest BCUT2D eigenvalue weighted by Crippen LogP contribution is -2.25. The van der Waals surface area contributed by atoms with Crippen molar-refractivity contribution in [1.29, 1.82) is 0 Å². The molecule has 2 rings (SSSR count). The highest BCUT2D eigenvalue weighted by molar-refractivity contribution is 7.10. The number of aliphatic carboxylic acids is 1. The third kappa shape index (κ3) is 4.46. The molecule has 0 spiro atoms. The molecule has 2 aromatic heterocycles. The van der Waals surface area contributed by atoms with Gasteiger partial charge in [-0.25, -0.2) is 4.98 Å². The Bertz CT molecular complexity index is 563. The van der Waals surface area contributed by atoms with Gasteiger partial charge in [-0.3, -0.25) is 4.79 Å². The molecule has 2 aromatic rings. The first-order chi connectivity index (χ1) is 9.13. The second-order valence-electron chi connectivity index (χ2n) is 3.81. The van der Waals surface area contributed by atoms with E-state index in [0.717, 1.165) is 4.88 Å². The molecule has 0 radical (unpaired) electrons. The van der Waals surface area contributed by atoms with E-state index in [9.17, 15) is 14.7 Å². The van der Waals surface area contributed by atoms with Gasteiger partial charge in [-0.1, -0.05) is 6.07 Å². The zero-order valence-electron chi connectivity index (χ0n) is 9.92. The standard InChI is InChI=1S/C12H12N2O3S2/c15-10(13-6-9-2-1-3-18-9)5-11-14-8(7-19-11)4-12(16)17/h1-3,7H,4-6H2,(H,13,15)(H,16,17)/p-1. The van der Waals surface area contributed by atoms with Crippen LogP contribution < -0.4 is 10.4 Å². The first-order valence-corrected chi connectivity index (χ1v) is 7.31. The number of carbonyl (C=O) groups is 2. The highest BCUT2D eigenvalue weighted by Gasteiger charge is 2.08. The molecule has 1 N–H and O–H groups in total. The predicted molar refractivity (Wildman–Crippen MR) is 70.7 cm³/mol. The Labute approximate surface area is 117 Å². The Kier molecular flexibility index (Phi) is 4.64. The minimum Gasteiger partial charge on any atom is -0.550 e. The van der Waals surface area contributed by atoms with Gasteiger partial charge in [0.25, 0.3) is 0 Å². The number of thiazole rings is 1. The predicted octanol–water partition coefficient (Wildman–Crippen LogP) is 0.356. The molecule has 0 aliphatic rings. The SMILES string of the molecule is O=C([O-])Cc1csc(CC(=O)NCc2cccs2)n1. The maximum absolute atomic E-state index is 11.7. The number of aromatic nitrogens is 1. The molecule has 0 unspecified atom stereocenters. The summed E-state index contributed by atoms with van der Waals surface area (Å²) in [6.07, 6.45) is -0.0452. The van der Waals surface area contributed by atoms with Crippen molar-refractivity contribution in [2.75, 3.05) is 0 Å². The van der Waals surface area contributed by atoms with E-state index >= 15 is 0 Å². The monoisotopic (exact) mass is 295 g/mol. The number of hydrogen-bond acceptors (Lipinski definition) is 6. The average molecular weight is 295 g/mol. The maximum Gasteiger partial charge on any atom is 0.227 e. The van der Waals surface area contributed by atoms with Gasteiger partial charge in [0, 0.05) is 22.6 Å². The molecule has 5 nitrogen and oxygen atoms in total. The summed E-state index contributed by atoms with van der Waals surface area (Å²) in [4.78, 5) is 27.2. The summed E-state index contributed by atoms with van der Waals surface area (Å²) in [6, 6.07) is 3.88. The van der Waals surface area contributed by atoms with Crippen molar-refractivity contribution in [2.45, 2.75) is 19.4 Å². The van der Waals surface area contributed by atoms with Crippen LogP contribution in [-0.4, -0.2) is 16.9 Å². The van der Waals surface area contributed by atoms with Crippen LogP contribution >= 0.6 is 22.7 Å². The molecule has 100 valence electrons. The zero-order chi connectivity index (χ0) is 13.7. The third-order valence-electron chi connectivity index (χ3n) is 2.28. The van der Waals surface area contributed by atoms with Crippen LogP contribution in [0.4, 0.5) is 0 Å². The largest absolute Gasteiger partial charge is 0.550 e. The molecule has 0 saturated carbocycles. The Balaban J connectivity index is 1.81. The van der Waals surface area contributed by atoms with E-state index in [2.05, 4.69) is 10.3 Å². The highest BCUT2D eigenvalue weighted by atomic mass is 32.1. The van der Waals surface area contributed by atoms with Gasteiger partial charge in [0.2, 0.25) is 5.91 Å². The van der Waals surface area contributed by atoms with Gasteiger partial charge in [0.1, 0.15) is 5.01 Å². The van der Waals surface area contributed by atoms with Crippen molar-refractivity contribution >= 4 is 34.6 Å². The summed E-state index contributed by atoms with van der Waals surface area (Å²) < 4.78 is 0. The smallest absolute Gasteiger partial charge is 0.227 e. The minimum absolute atomic E-state index is 0.122. The lowest BCUT2D eigenvalue weighted by molar-refractivity contribution is -0.304. The van der Waals surface area contributed by atoms with E-state index in [1.807, 2.05) is 17.5 Å². The molecule has 0 aliphatic heterocycles. The number of rotatable bonds is 6. The lowest BCUT2D eigenvalue weighted by Gasteiger charge is -2.01. The van der Waals surface area contributed by atoms with E-state index in [-0.39, 0.29) is 18.7 Å². The minimum atomic E-state index is -1.17. The number of thiophene rings is 1. The Morgan fingerprint density at radius 2 is 2.16 bits per heavy atom. The van der Waals surface area contributed by atoms with E-state index in [1.165, 1.54) is 11.3 Å². The van der Waals surface area contributed by atoms with E-state index in [1.54, 1.807) is 16.7 Å². The van der Waals surface area contributed by atoms with Crippen molar-refractivity contribution in [3.05, 3.63) is 38.5 Å². The summed E-state index contributed by atoms with van der Waals surface area (Å²) in [5.74, 6) is -1.29. The van der Waals surface area contributed by atoms with Gasteiger partial charge < -0.3 is 15.2 Å². The summed E-state index contributed by atoms with van der Waals surface area (Å²) >= 11 is 2.86.